The van der Waals surface area contributed by atoms with Crippen molar-refractivity contribution in [1.82, 2.24) is 4.90 Å². The molecule has 0 fully saturated rings. The molecule has 0 saturated heterocycles. The lowest BCUT2D eigenvalue weighted by molar-refractivity contribution is -0.127. The fourth-order valence-electron chi connectivity index (χ4n) is 2.20. The third-order valence-electron chi connectivity index (χ3n) is 3.18. The van der Waals surface area contributed by atoms with Crippen LogP contribution in [0.25, 0.3) is 5.70 Å². The number of hydrogen-bond donors (Lipinski definition) is 0. The fraction of sp³-hybridized carbons (Fsp3) is 0.333. The number of alkyl halides is 1. The molecular formula is C15H14BrIN2O2. The van der Waals surface area contributed by atoms with Gasteiger partial charge >= 0.3 is 0 Å². The van der Waals surface area contributed by atoms with Crippen molar-refractivity contribution in [3.8, 4) is 11.8 Å². The summed E-state index contributed by atoms with van der Waals surface area (Å²) < 4.78 is 6.13. The Morgan fingerprint density at radius 2 is 2.33 bits per heavy atom. The minimum Gasteiger partial charge on any atom is -0.479 e. The number of ether oxygens (including phenoxy) is 1. The molecule has 1 aromatic rings. The van der Waals surface area contributed by atoms with E-state index in [0.717, 1.165) is 22.2 Å². The van der Waals surface area contributed by atoms with Crippen LogP contribution in [0.4, 0.5) is 0 Å². The Labute approximate surface area is 146 Å². The second kappa shape index (κ2) is 7.27. The molecule has 1 aromatic carbocycles. The summed E-state index contributed by atoms with van der Waals surface area (Å²) in [6.07, 6.45) is 2.84. The molecule has 1 heterocycles. The van der Waals surface area contributed by atoms with Gasteiger partial charge in [0.15, 0.2) is 6.61 Å². The van der Waals surface area contributed by atoms with Crippen molar-refractivity contribution < 1.29 is 9.53 Å². The van der Waals surface area contributed by atoms with E-state index in [1.165, 1.54) is 0 Å². The summed E-state index contributed by atoms with van der Waals surface area (Å²) in [6, 6.07) is 7.48. The zero-order valence-corrected chi connectivity index (χ0v) is 15.2. The molecule has 6 heteroatoms. The van der Waals surface area contributed by atoms with Gasteiger partial charge in [-0.15, -0.1) is 0 Å². The maximum Gasteiger partial charge on any atom is 0.240 e. The lowest BCUT2D eigenvalue weighted by Gasteiger charge is -2.31. The van der Waals surface area contributed by atoms with Gasteiger partial charge in [-0.05, 0) is 47.5 Å². The summed E-state index contributed by atoms with van der Waals surface area (Å²) in [5, 5.41) is 8.54. The molecule has 1 amide bonds. The van der Waals surface area contributed by atoms with Crippen LogP contribution in [0, 0.1) is 11.3 Å². The van der Waals surface area contributed by atoms with Gasteiger partial charge in [-0.25, -0.2) is 0 Å². The summed E-state index contributed by atoms with van der Waals surface area (Å²) in [6.45, 7) is 2.63. The normalized spacial score (nSPS) is 18.2. The van der Waals surface area contributed by atoms with E-state index in [4.69, 9.17) is 10.00 Å². The largest absolute Gasteiger partial charge is 0.479 e. The number of allylic oxidation sites excluding steroid dienone is 1. The van der Waals surface area contributed by atoms with Crippen molar-refractivity contribution in [3.05, 3.63) is 34.3 Å². The van der Waals surface area contributed by atoms with Gasteiger partial charge in [0.05, 0.1) is 3.92 Å². The topological polar surface area (TPSA) is 53.3 Å². The SMILES string of the molecule is CCN1C(=O)C(I)CC=C1c1ccc(OCC#N)cc1Br. The Bertz CT molecular complexity index is 625. The molecule has 0 aromatic heterocycles. The summed E-state index contributed by atoms with van der Waals surface area (Å²) >= 11 is 5.70. The van der Waals surface area contributed by atoms with Gasteiger partial charge < -0.3 is 9.64 Å². The molecule has 0 aliphatic carbocycles. The zero-order valence-electron chi connectivity index (χ0n) is 11.5. The summed E-state index contributed by atoms with van der Waals surface area (Å²) in [5.74, 6) is 0.775. The summed E-state index contributed by atoms with van der Waals surface area (Å²) in [5.41, 5.74) is 1.88. The summed E-state index contributed by atoms with van der Waals surface area (Å²) in [4.78, 5) is 14.1. The van der Waals surface area contributed by atoms with Crippen LogP contribution in [-0.2, 0) is 4.79 Å². The van der Waals surface area contributed by atoms with E-state index in [-0.39, 0.29) is 16.4 Å². The number of rotatable bonds is 4. The monoisotopic (exact) mass is 460 g/mol. The highest BCUT2D eigenvalue weighted by atomic mass is 127. The third-order valence-corrected chi connectivity index (χ3v) is 4.88. The van der Waals surface area contributed by atoms with Crippen LogP contribution in [0.2, 0.25) is 0 Å². The van der Waals surface area contributed by atoms with Gasteiger partial charge in [0, 0.05) is 22.3 Å². The molecule has 0 radical (unpaired) electrons. The van der Waals surface area contributed by atoms with Crippen molar-refractivity contribution in [2.45, 2.75) is 17.3 Å². The van der Waals surface area contributed by atoms with E-state index in [9.17, 15) is 4.79 Å². The first kappa shape index (κ1) is 16.3. The van der Waals surface area contributed by atoms with Crippen molar-refractivity contribution in [3.63, 3.8) is 0 Å². The number of nitrogens with zero attached hydrogens (tertiary/aromatic N) is 2. The van der Waals surface area contributed by atoms with Gasteiger partial charge in [0.1, 0.15) is 11.8 Å². The number of carbonyl (C=O) groups is 1. The minimum atomic E-state index is 0.00307. The minimum absolute atomic E-state index is 0.00307. The Kier molecular flexibility index (Phi) is 5.65. The second-order valence-electron chi connectivity index (χ2n) is 4.46. The van der Waals surface area contributed by atoms with Crippen molar-refractivity contribution in [2.24, 2.45) is 0 Å². The molecule has 2 rings (SSSR count). The van der Waals surface area contributed by atoms with Crippen LogP contribution >= 0.6 is 38.5 Å². The number of carbonyl (C=O) groups excluding carboxylic acids is 1. The number of hydrogen-bond acceptors (Lipinski definition) is 3. The average Bonchev–Trinajstić information content (AvgIpc) is 2.48. The first-order valence-corrected chi connectivity index (χ1v) is 8.57. The fourth-order valence-corrected chi connectivity index (χ4v) is 3.36. The highest BCUT2D eigenvalue weighted by Crippen LogP contribution is 2.34. The average molecular weight is 461 g/mol. The molecule has 21 heavy (non-hydrogen) atoms. The molecule has 4 nitrogen and oxygen atoms in total. The van der Waals surface area contributed by atoms with E-state index < -0.39 is 0 Å². The number of amides is 1. The van der Waals surface area contributed by atoms with E-state index in [0.29, 0.717) is 12.3 Å². The predicted octanol–water partition coefficient (Wildman–Crippen LogP) is 3.75. The molecular weight excluding hydrogens is 447 g/mol. The van der Waals surface area contributed by atoms with Crippen molar-refractivity contribution in [1.29, 1.82) is 5.26 Å². The van der Waals surface area contributed by atoms with Crippen LogP contribution in [0.1, 0.15) is 18.9 Å². The number of nitriles is 1. The van der Waals surface area contributed by atoms with Crippen LogP contribution < -0.4 is 4.74 Å². The van der Waals surface area contributed by atoms with Gasteiger partial charge in [-0.1, -0.05) is 28.7 Å². The standard InChI is InChI=1S/C15H14BrIN2O2/c1-2-19-14(6-5-13(17)15(19)20)11-4-3-10(9-12(11)16)21-8-7-18/h3-4,6,9,13H,2,5,8H2,1H3. The van der Waals surface area contributed by atoms with Crippen LogP contribution in [0.15, 0.2) is 28.7 Å². The Morgan fingerprint density at radius 1 is 1.57 bits per heavy atom. The first-order chi connectivity index (χ1) is 10.1. The van der Waals surface area contributed by atoms with E-state index >= 15 is 0 Å². The highest BCUT2D eigenvalue weighted by Gasteiger charge is 2.28. The van der Waals surface area contributed by atoms with Gasteiger partial charge in [-0.3, -0.25) is 4.79 Å². The van der Waals surface area contributed by atoms with Crippen molar-refractivity contribution >= 4 is 50.1 Å². The maximum absolute atomic E-state index is 12.3. The highest BCUT2D eigenvalue weighted by molar-refractivity contribution is 14.1. The molecule has 1 unspecified atom stereocenters. The smallest absolute Gasteiger partial charge is 0.240 e. The Morgan fingerprint density at radius 3 is 2.95 bits per heavy atom. The lowest BCUT2D eigenvalue weighted by atomic mass is 10.0. The van der Waals surface area contributed by atoms with Gasteiger partial charge in [0.2, 0.25) is 5.91 Å². The summed E-state index contributed by atoms with van der Waals surface area (Å²) in [7, 11) is 0. The zero-order chi connectivity index (χ0) is 15.4. The molecule has 0 bridgehead atoms. The molecule has 110 valence electrons. The molecule has 1 aliphatic heterocycles. The van der Waals surface area contributed by atoms with E-state index in [2.05, 4.69) is 44.6 Å². The molecule has 1 atom stereocenters. The third kappa shape index (κ3) is 3.58. The predicted molar refractivity (Wildman–Crippen MR) is 93.0 cm³/mol. The van der Waals surface area contributed by atoms with Crippen LogP contribution in [0.3, 0.4) is 0 Å². The Balaban J connectivity index is 2.33. The molecule has 0 saturated carbocycles. The van der Waals surface area contributed by atoms with Gasteiger partial charge in [0.25, 0.3) is 0 Å². The molecule has 0 spiro atoms. The maximum atomic E-state index is 12.3. The number of halogens is 2. The lowest BCUT2D eigenvalue weighted by Crippen LogP contribution is -2.38. The van der Waals surface area contributed by atoms with Crippen molar-refractivity contribution in [2.75, 3.05) is 13.2 Å². The van der Waals surface area contributed by atoms with Crippen LogP contribution in [0.5, 0.6) is 5.75 Å². The second-order valence-corrected chi connectivity index (χ2v) is 6.82. The van der Waals surface area contributed by atoms with Gasteiger partial charge in [-0.2, -0.15) is 5.26 Å². The first-order valence-electron chi connectivity index (χ1n) is 6.53. The molecule has 1 aliphatic rings. The number of benzene rings is 1. The van der Waals surface area contributed by atoms with E-state index in [1.54, 1.807) is 4.90 Å². The van der Waals surface area contributed by atoms with Crippen LogP contribution in [-0.4, -0.2) is 27.9 Å². The molecule has 0 N–H and O–H groups in total. The van der Waals surface area contributed by atoms with E-state index in [1.807, 2.05) is 31.2 Å². The Hall–Kier alpha value is -1.07. The quantitative estimate of drug-likeness (QED) is 0.508.